The van der Waals surface area contributed by atoms with Crippen molar-refractivity contribution in [3.8, 4) is 0 Å². The Balaban J connectivity index is 2.19. The molecule has 8 nitrogen and oxygen atoms in total. The fraction of sp³-hybridized carbons (Fsp3) is 0.909. The molecule has 19 heavy (non-hydrogen) atoms. The summed E-state index contributed by atoms with van der Waals surface area (Å²) in [6.07, 6.45) is 0.997. The van der Waals surface area contributed by atoms with Gasteiger partial charge in [0.1, 0.15) is 5.10 Å². The van der Waals surface area contributed by atoms with Crippen molar-refractivity contribution in [3.63, 3.8) is 0 Å². The van der Waals surface area contributed by atoms with E-state index < -0.39 is 5.03 Å². The van der Waals surface area contributed by atoms with Gasteiger partial charge in [-0.05, 0) is 20.4 Å². The third-order valence-corrected chi connectivity index (χ3v) is 3.76. The van der Waals surface area contributed by atoms with Crippen LogP contribution in [0, 0.1) is 16.0 Å². The van der Waals surface area contributed by atoms with Gasteiger partial charge in [0.15, 0.2) is 5.03 Å². The molecule has 2 unspecified atom stereocenters. The summed E-state index contributed by atoms with van der Waals surface area (Å²) in [6.45, 7) is 4.86. The van der Waals surface area contributed by atoms with E-state index >= 15 is 0 Å². The van der Waals surface area contributed by atoms with Crippen LogP contribution in [-0.2, 0) is 4.74 Å². The minimum atomic E-state index is -0.623. The summed E-state index contributed by atoms with van der Waals surface area (Å²) in [5, 5.41) is 13.6. The quantitative estimate of drug-likeness (QED) is 0.533. The average molecular weight is 271 g/mol. The Morgan fingerprint density at radius 2 is 2.21 bits per heavy atom. The Morgan fingerprint density at radius 3 is 2.79 bits per heavy atom. The molecule has 2 atom stereocenters. The molecular weight excluding hydrogens is 250 g/mol. The molecule has 0 aromatic rings. The molecule has 0 N–H and O–H groups in total. The predicted molar refractivity (Wildman–Crippen MR) is 69.9 cm³/mol. The molecule has 0 aromatic heterocycles. The van der Waals surface area contributed by atoms with Crippen molar-refractivity contribution >= 4 is 5.96 Å². The van der Waals surface area contributed by atoms with Crippen LogP contribution in [0.3, 0.4) is 0 Å². The van der Waals surface area contributed by atoms with Gasteiger partial charge in [-0.15, -0.1) is 0 Å². The smallest absolute Gasteiger partial charge is 0.276 e. The van der Waals surface area contributed by atoms with Gasteiger partial charge >= 0.3 is 0 Å². The van der Waals surface area contributed by atoms with Gasteiger partial charge in [0.25, 0.3) is 5.96 Å². The van der Waals surface area contributed by atoms with Crippen LogP contribution in [0.1, 0.15) is 13.3 Å². The van der Waals surface area contributed by atoms with E-state index in [0.717, 1.165) is 19.6 Å². The summed E-state index contributed by atoms with van der Waals surface area (Å²) in [5.41, 5.74) is 0. The molecule has 108 valence electrons. The van der Waals surface area contributed by atoms with Crippen LogP contribution >= 0.6 is 0 Å². The number of ether oxygens (including phenoxy) is 1. The average Bonchev–Trinajstić information content (AvgIpc) is 2.84. The maximum atomic E-state index is 10.7. The third kappa shape index (κ3) is 3.13. The molecule has 0 radical (unpaired) electrons. The van der Waals surface area contributed by atoms with E-state index in [1.807, 2.05) is 19.0 Å². The van der Waals surface area contributed by atoms with E-state index in [-0.39, 0.29) is 6.04 Å². The van der Waals surface area contributed by atoms with E-state index in [0.29, 0.717) is 25.2 Å². The van der Waals surface area contributed by atoms with Gasteiger partial charge in [-0.2, -0.15) is 0 Å². The van der Waals surface area contributed by atoms with Crippen LogP contribution in [0.5, 0.6) is 0 Å². The van der Waals surface area contributed by atoms with Gasteiger partial charge in [-0.25, -0.2) is 10.1 Å². The molecule has 2 heterocycles. The standard InChI is InChI=1S/C11H21N5O3/c1-9(10-4-5-19-6-10)15-8-13(2)7-14(3)11(15)12-16(17)18/h9-10H,4-8H2,1-3H3/b12-11-. The Kier molecular flexibility index (Phi) is 4.20. The monoisotopic (exact) mass is 271 g/mol. The van der Waals surface area contributed by atoms with Gasteiger partial charge in [0.05, 0.1) is 19.9 Å². The number of nitrogens with zero attached hydrogens (tertiary/aromatic N) is 5. The number of guanidine groups is 1. The predicted octanol–water partition coefficient (Wildman–Crippen LogP) is 0.0533. The zero-order chi connectivity index (χ0) is 14.0. The molecule has 0 saturated carbocycles. The summed E-state index contributed by atoms with van der Waals surface area (Å²) in [4.78, 5) is 16.6. The van der Waals surface area contributed by atoms with Crippen LogP contribution in [0.25, 0.3) is 0 Å². The van der Waals surface area contributed by atoms with Gasteiger partial charge in [0.2, 0.25) is 0 Å². The lowest BCUT2D eigenvalue weighted by atomic mass is 9.99. The molecule has 2 rings (SSSR count). The first-order valence-corrected chi connectivity index (χ1v) is 6.46. The highest BCUT2D eigenvalue weighted by molar-refractivity contribution is 5.80. The molecule has 2 aliphatic rings. The fourth-order valence-electron chi connectivity index (χ4n) is 2.72. The van der Waals surface area contributed by atoms with Crippen molar-refractivity contribution in [2.45, 2.75) is 19.4 Å². The number of hydrazone groups is 1. The molecule has 0 aromatic carbocycles. The van der Waals surface area contributed by atoms with Crippen molar-refractivity contribution in [2.75, 3.05) is 40.6 Å². The summed E-state index contributed by atoms with van der Waals surface area (Å²) in [6, 6.07) is 0.173. The summed E-state index contributed by atoms with van der Waals surface area (Å²) < 4.78 is 5.41. The number of rotatable bonds is 3. The normalized spacial score (nSPS) is 29.0. The number of hydrogen-bond donors (Lipinski definition) is 0. The van der Waals surface area contributed by atoms with Gasteiger partial charge in [-0.3, -0.25) is 4.90 Å². The van der Waals surface area contributed by atoms with Crippen molar-refractivity contribution in [1.82, 2.24) is 14.7 Å². The maximum absolute atomic E-state index is 10.7. The van der Waals surface area contributed by atoms with Crippen LogP contribution in [-0.4, -0.2) is 72.4 Å². The molecule has 0 amide bonds. The Morgan fingerprint density at radius 1 is 1.47 bits per heavy atom. The zero-order valence-electron chi connectivity index (χ0n) is 11.7. The van der Waals surface area contributed by atoms with Gasteiger partial charge < -0.3 is 14.5 Å². The first-order valence-electron chi connectivity index (χ1n) is 6.46. The van der Waals surface area contributed by atoms with Crippen LogP contribution in [0.15, 0.2) is 5.10 Å². The number of hydrogen-bond acceptors (Lipinski definition) is 4. The van der Waals surface area contributed by atoms with E-state index in [9.17, 15) is 10.1 Å². The number of nitro groups is 1. The summed E-state index contributed by atoms with van der Waals surface area (Å²) in [7, 11) is 3.81. The zero-order valence-corrected chi connectivity index (χ0v) is 11.7. The SMILES string of the molecule is CC(C1CCOC1)N1CN(C)CN(C)/C1=N/[N+](=O)[O-]. The Hall–Kier alpha value is -1.41. The highest BCUT2D eigenvalue weighted by atomic mass is 16.7. The van der Waals surface area contributed by atoms with Crippen LogP contribution < -0.4 is 0 Å². The molecule has 8 heteroatoms. The molecule has 0 spiro atoms. The molecule has 2 fully saturated rings. The van der Waals surface area contributed by atoms with E-state index in [4.69, 9.17) is 4.74 Å². The molecule has 2 aliphatic heterocycles. The van der Waals surface area contributed by atoms with Gasteiger partial charge in [-0.1, -0.05) is 0 Å². The van der Waals surface area contributed by atoms with Gasteiger partial charge in [0, 0.05) is 25.6 Å². The van der Waals surface area contributed by atoms with Crippen molar-refractivity contribution in [1.29, 1.82) is 0 Å². The molecule has 0 aliphatic carbocycles. The largest absolute Gasteiger partial charge is 0.381 e. The second kappa shape index (κ2) is 5.70. The summed E-state index contributed by atoms with van der Waals surface area (Å²) in [5.74, 6) is 0.833. The van der Waals surface area contributed by atoms with Crippen molar-refractivity contribution in [2.24, 2.45) is 11.0 Å². The second-order valence-corrected chi connectivity index (χ2v) is 5.31. The molecule has 2 saturated heterocycles. The van der Waals surface area contributed by atoms with Crippen LogP contribution in [0.2, 0.25) is 0 Å². The minimum Gasteiger partial charge on any atom is -0.381 e. The molecular formula is C11H21N5O3. The third-order valence-electron chi connectivity index (χ3n) is 3.76. The Bertz CT molecular complexity index is 369. The van der Waals surface area contributed by atoms with Crippen molar-refractivity contribution in [3.05, 3.63) is 10.1 Å². The topological polar surface area (TPSA) is 74.5 Å². The second-order valence-electron chi connectivity index (χ2n) is 5.31. The lowest BCUT2D eigenvalue weighted by Crippen LogP contribution is -2.60. The van der Waals surface area contributed by atoms with E-state index in [1.54, 1.807) is 4.90 Å². The molecule has 0 bridgehead atoms. The highest BCUT2D eigenvalue weighted by Crippen LogP contribution is 2.23. The minimum absolute atomic E-state index is 0.173. The summed E-state index contributed by atoms with van der Waals surface area (Å²) >= 11 is 0. The van der Waals surface area contributed by atoms with E-state index in [1.165, 1.54) is 0 Å². The fourth-order valence-corrected chi connectivity index (χ4v) is 2.72. The first-order chi connectivity index (χ1) is 8.99. The highest BCUT2D eigenvalue weighted by Gasteiger charge is 2.35. The lowest BCUT2D eigenvalue weighted by Gasteiger charge is -2.44. The first kappa shape index (κ1) is 14.0. The van der Waals surface area contributed by atoms with Crippen LogP contribution in [0.4, 0.5) is 0 Å². The Labute approximate surface area is 112 Å². The van der Waals surface area contributed by atoms with Crippen molar-refractivity contribution < 1.29 is 9.77 Å². The maximum Gasteiger partial charge on any atom is 0.276 e. The van der Waals surface area contributed by atoms with E-state index in [2.05, 4.69) is 16.9 Å². The lowest BCUT2D eigenvalue weighted by molar-refractivity contribution is -0.486.